The number of carbonyl (C=O) groups is 2. The molecule has 1 saturated carbocycles. The SMILES string of the molecule is C[C@@H]1C(=O)N(Cc2ccccc2)CC(=O)N1CCC1CCCCC1. The molecule has 0 radical (unpaired) electrons. The molecule has 1 heterocycles. The van der Waals surface area contributed by atoms with E-state index in [-0.39, 0.29) is 24.4 Å². The second-order valence-electron chi connectivity index (χ2n) is 7.24. The van der Waals surface area contributed by atoms with Gasteiger partial charge in [-0.15, -0.1) is 0 Å². The molecule has 0 N–H and O–H groups in total. The Morgan fingerprint density at radius 2 is 1.75 bits per heavy atom. The minimum absolute atomic E-state index is 0.0714. The summed E-state index contributed by atoms with van der Waals surface area (Å²) >= 11 is 0. The van der Waals surface area contributed by atoms with Crippen LogP contribution in [0.4, 0.5) is 0 Å². The number of amides is 2. The van der Waals surface area contributed by atoms with Gasteiger partial charge in [0.05, 0.1) is 0 Å². The molecule has 1 saturated heterocycles. The molecule has 0 unspecified atom stereocenters. The zero-order valence-electron chi connectivity index (χ0n) is 14.6. The number of hydrogen-bond donors (Lipinski definition) is 0. The number of benzene rings is 1. The monoisotopic (exact) mass is 328 g/mol. The van der Waals surface area contributed by atoms with E-state index in [0.29, 0.717) is 6.54 Å². The van der Waals surface area contributed by atoms with Gasteiger partial charge in [0, 0.05) is 13.1 Å². The Morgan fingerprint density at radius 1 is 1.04 bits per heavy atom. The van der Waals surface area contributed by atoms with Crippen molar-refractivity contribution in [2.75, 3.05) is 13.1 Å². The fourth-order valence-electron chi connectivity index (χ4n) is 4.00. The highest BCUT2D eigenvalue weighted by molar-refractivity contribution is 5.94. The van der Waals surface area contributed by atoms with Gasteiger partial charge < -0.3 is 9.80 Å². The quantitative estimate of drug-likeness (QED) is 0.833. The van der Waals surface area contributed by atoms with Crippen molar-refractivity contribution in [3.8, 4) is 0 Å². The summed E-state index contributed by atoms with van der Waals surface area (Å²) in [6, 6.07) is 9.55. The van der Waals surface area contributed by atoms with E-state index in [1.807, 2.05) is 37.3 Å². The molecule has 2 aliphatic rings. The van der Waals surface area contributed by atoms with Crippen LogP contribution < -0.4 is 0 Å². The van der Waals surface area contributed by atoms with Crippen LogP contribution in [0.5, 0.6) is 0 Å². The van der Waals surface area contributed by atoms with Crippen LogP contribution in [0.2, 0.25) is 0 Å². The maximum Gasteiger partial charge on any atom is 0.245 e. The van der Waals surface area contributed by atoms with Crippen LogP contribution in [0.1, 0.15) is 51.0 Å². The van der Waals surface area contributed by atoms with Gasteiger partial charge in [0.15, 0.2) is 0 Å². The molecule has 24 heavy (non-hydrogen) atoms. The minimum Gasteiger partial charge on any atom is -0.329 e. The van der Waals surface area contributed by atoms with Gasteiger partial charge in [0.2, 0.25) is 11.8 Å². The molecule has 0 bridgehead atoms. The lowest BCUT2D eigenvalue weighted by Crippen LogP contribution is -2.58. The second kappa shape index (κ2) is 7.82. The average molecular weight is 328 g/mol. The molecule has 1 atom stereocenters. The normalized spacial score (nSPS) is 23.0. The standard InChI is InChI=1S/C20H28N2O2/c1-16-20(24)21(14-18-10-6-3-7-11-18)15-19(23)22(16)13-12-17-8-4-2-5-9-17/h3,6-7,10-11,16-17H,2,4-5,8-9,12-15H2,1H3/t16-/m1/s1. The maximum absolute atomic E-state index is 12.7. The van der Waals surface area contributed by atoms with E-state index in [1.165, 1.54) is 32.1 Å². The number of piperazine rings is 1. The van der Waals surface area contributed by atoms with Gasteiger partial charge in [-0.3, -0.25) is 9.59 Å². The average Bonchev–Trinajstić information content (AvgIpc) is 2.61. The predicted octanol–water partition coefficient (Wildman–Crippen LogP) is 3.22. The first-order valence-electron chi connectivity index (χ1n) is 9.27. The summed E-state index contributed by atoms with van der Waals surface area (Å²) in [6.07, 6.45) is 7.59. The Labute approximate surface area is 144 Å². The molecule has 1 aliphatic heterocycles. The first kappa shape index (κ1) is 17.0. The van der Waals surface area contributed by atoms with Crippen LogP contribution in [0.25, 0.3) is 0 Å². The molecule has 2 amide bonds. The highest BCUT2D eigenvalue weighted by atomic mass is 16.2. The Morgan fingerprint density at radius 3 is 2.46 bits per heavy atom. The molecule has 0 spiro atoms. The lowest BCUT2D eigenvalue weighted by Gasteiger charge is -2.39. The van der Waals surface area contributed by atoms with E-state index in [9.17, 15) is 9.59 Å². The Bertz CT molecular complexity index is 566. The minimum atomic E-state index is -0.335. The van der Waals surface area contributed by atoms with E-state index < -0.39 is 0 Å². The Balaban J connectivity index is 1.57. The summed E-state index contributed by atoms with van der Waals surface area (Å²) in [5.74, 6) is 0.895. The fourth-order valence-corrected chi connectivity index (χ4v) is 4.00. The lowest BCUT2D eigenvalue weighted by atomic mass is 9.87. The second-order valence-corrected chi connectivity index (χ2v) is 7.24. The van der Waals surface area contributed by atoms with E-state index in [4.69, 9.17) is 0 Å². The summed E-state index contributed by atoms with van der Waals surface area (Å²) in [6.45, 7) is 3.34. The molecule has 3 rings (SSSR count). The summed E-state index contributed by atoms with van der Waals surface area (Å²) in [4.78, 5) is 28.7. The van der Waals surface area contributed by atoms with Gasteiger partial charge in [0.1, 0.15) is 12.6 Å². The molecular weight excluding hydrogens is 300 g/mol. The van der Waals surface area contributed by atoms with Gasteiger partial charge in [0.25, 0.3) is 0 Å². The fraction of sp³-hybridized carbons (Fsp3) is 0.600. The number of rotatable bonds is 5. The van der Waals surface area contributed by atoms with Crippen LogP contribution in [0.3, 0.4) is 0 Å². The number of carbonyl (C=O) groups excluding carboxylic acids is 2. The molecule has 4 heteroatoms. The zero-order chi connectivity index (χ0) is 16.9. The Hall–Kier alpha value is -1.84. The van der Waals surface area contributed by atoms with Crippen molar-refractivity contribution in [1.82, 2.24) is 9.80 Å². The number of hydrogen-bond acceptors (Lipinski definition) is 2. The van der Waals surface area contributed by atoms with E-state index >= 15 is 0 Å². The highest BCUT2D eigenvalue weighted by Crippen LogP contribution is 2.27. The van der Waals surface area contributed by atoms with Crippen molar-refractivity contribution < 1.29 is 9.59 Å². The van der Waals surface area contributed by atoms with Crippen LogP contribution in [0.15, 0.2) is 30.3 Å². The van der Waals surface area contributed by atoms with Crippen LogP contribution >= 0.6 is 0 Å². The molecule has 130 valence electrons. The molecular formula is C20H28N2O2. The molecule has 0 aromatic heterocycles. The lowest BCUT2D eigenvalue weighted by molar-refractivity contribution is -0.155. The van der Waals surface area contributed by atoms with Crippen molar-refractivity contribution in [2.24, 2.45) is 5.92 Å². The summed E-state index contributed by atoms with van der Waals surface area (Å²) < 4.78 is 0. The van der Waals surface area contributed by atoms with Crippen LogP contribution in [-0.4, -0.2) is 40.7 Å². The first-order chi connectivity index (χ1) is 11.6. The maximum atomic E-state index is 12.7. The van der Waals surface area contributed by atoms with Gasteiger partial charge >= 0.3 is 0 Å². The van der Waals surface area contributed by atoms with Crippen molar-refractivity contribution >= 4 is 11.8 Å². The van der Waals surface area contributed by atoms with Crippen molar-refractivity contribution in [3.05, 3.63) is 35.9 Å². The predicted molar refractivity (Wildman–Crippen MR) is 94.2 cm³/mol. The van der Waals surface area contributed by atoms with Gasteiger partial charge in [-0.1, -0.05) is 62.4 Å². The largest absolute Gasteiger partial charge is 0.329 e. The zero-order valence-corrected chi connectivity index (χ0v) is 14.6. The summed E-state index contributed by atoms with van der Waals surface area (Å²) in [5.41, 5.74) is 1.07. The van der Waals surface area contributed by atoms with Gasteiger partial charge in [-0.05, 0) is 24.8 Å². The topological polar surface area (TPSA) is 40.6 Å². The third kappa shape index (κ3) is 3.97. The third-order valence-electron chi connectivity index (χ3n) is 5.50. The van der Waals surface area contributed by atoms with Gasteiger partial charge in [-0.2, -0.15) is 0 Å². The molecule has 1 aromatic rings. The van der Waals surface area contributed by atoms with Crippen molar-refractivity contribution in [3.63, 3.8) is 0 Å². The molecule has 2 fully saturated rings. The van der Waals surface area contributed by atoms with E-state index in [1.54, 1.807) is 9.80 Å². The van der Waals surface area contributed by atoms with Crippen molar-refractivity contribution in [1.29, 1.82) is 0 Å². The highest BCUT2D eigenvalue weighted by Gasteiger charge is 2.36. The smallest absolute Gasteiger partial charge is 0.245 e. The van der Waals surface area contributed by atoms with Crippen molar-refractivity contribution in [2.45, 2.75) is 58.0 Å². The number of nitrogens with zero attached hydrogens (tertiary/aromatic N) is 2. The molecule has 1 aliphatic carbocycles. The first-order valence-corrected chi connectivity index (χ1v) is 9.27. The molecule has 1 aromatic carbocycles. The van der Waals surface area contributed by atoms with E-state index in [0.717, 1.165) is 24.4 Å². The van der Waals surface area contributed by atoms with Crippen LogP contribution in [-0.2, 0) is 16.1 Å². The third-order valence-corrected chi connectivity index (χ3v) is 5.50. The van der Waals surface area contributed by atoms with Gasteiger partial charge in [-0.25, -0.2) is 0 Å². The van der Waals surface area contributed by atoms with E-state index in [2.05, 4.69) is 0 Å². The van der Waals surface area contributed by atoms with Crippen LogP contribution in [0, 0.1) is 5.92 Å². The summed E-state index contributed by atoms with van der Waals surface area (Å²) in [5, 5.41) is 0. The Kier molecular flexibility index (Phi) is 5.54. The summed E-state index contributed by atoms with van der Waals surface area (Å²) in [7, 11) is 0. The molecule has 4 nitrogen and oxygen atoms in total.